The van der Waals surface area contributed by atoms with Crippen molar-refractivity contribution in [3.8, 4) is 16.9 Å². The maximum Gasteiger partial charge on any atom is 0.266 e. The van der Waals surface area contributed by atoms with Crippen LogP contribution >= 0.6 is 0 Å². The molecule has 1 fully saturated rings. The molecule has 47 heavy (non-hydrogen) atoms. The van der Waals surface area contributed by atoms with E-state index in [1.807, 2.05) is 46.2 Å². The summed E-state index contributed by atoms with van der Waals surface area (Å²) < 4.78 is 38.6. The molecule has 2 heterocycles. The van der Waals surface area contributed by atoms with Crippen molar-refractivity contribution in [2.24, 2.45) is 11.8 Å². The molecule has 1 aliphatic carbocycles. The molecule has 2 aliphatic rings. The average Bonchev–Trinajstić information content (AvgIpc) is 3.46. The third-order valence-corrected chi connectivity index (χ3v) is 10.2. The van der Waals surface area contributed by atoms with Crippen molar-refractivity contribution in [1.82, 2.24) is 15.1 Å². The van der Waals surface area contributed by atoms with Crippen LogP contribution in [0, 0.1) is 25.7 Å². The van der Waals surface area contributed by atoms with E-state index in [4.69, 9.17) is 9.29 Å². The largest absolute Gasteiger partial charge is 0.493 e. The third-order valence-electron chi connectivity index (χ3n) is 9.43. The normalized spacial score (nSPS) is 18.3. The quantitative estimate of drug-likeness (QED) is 0.155. The van der Waals surface area contributed by atoms with Gasteiger partial charge in [0.15, 0.2) is 0 Å². The number of rotatable bonds is 12. The first kappa shape index (κ1) is 32.5. The van der Waals surface area contributed by atoms with Crippen LogP contribution in [0.3, 0.4) is 0 Å². The number of hydrogen-bond acceptors (Lipinski definition) is 6. The Bertz CT molecular complexity index is 1920. The van der Waals surface area contributed by atoms with Gasteiger partial charge in [-0.05, 0) is 90.1 Å². The molecule has 6 rings (SSSR count). The molecule has 1 saturated carbocycles. The van der Waals surface area contributed by atoms with Crippen LogP contribution in [0.25, 0.3) is 11.1 Å². The van der Waals surface area contributed by atoms with E-state index < -0.39 is 21.8 Å². The Hall–Kier alpha value is -4.48. The van der Waals surface area contributed by atoms with E-state index in [1.165, 1.54) is 11.1 Å². The summed E-state index contributed by atoms with van der Waals surface area (Å²) in [6.45, 7) is 7.84. The summed E-state index contributed by atoms with van der Waals surface area (Å²) in [4.78, 5) is 28.1. The predicted octanol–water partition coefficient (Wildman–Crippen LogP) is 5.39. The molecule has 4 aromatic rings. The van der Waals surface area contributed by atoms with Gasteiger partial charge in [0, 0.05) is 42.5 Å². The summed E-state index contributed by atoms with van der Waals surface area (Å²) in [5, 5.41) is 7.13. The summed E-state index contributed by atoms with van der Waals surface area (Å²) in [7, 11) is -4.16. The number of anilines is 1. The first-order chi connectivity index (χ1) is 22.5. The number of ether oxygens (including phenoxy) is 1. The van der Waals surface area contributed by atoms with Gasteiger partial charge in [-0.2, -0.15) is 13.5 Å². The summed E-state index contributed by atoms with van der Waals surface area (Å²) in [6.07, 6.45) is 4.88. The number of carbonyl (C=O) groups is 2. The fraction of sp³-hybridized carbons (Fsp3) is 0.361. The van der Waals surface area contributed by atoms with E-state index in [0.29, 0.717) is 49.3 Å². The molecule has 3 unspecified atom stereocenters. The Morgan fingerprint density at radius 3 is 2.68 bits per heavy atom. The zero-order valence-corrected chi connectivity index (χ0v) is 27.7. The van der Waals surface area contributed by atoms with E-state index in [2.05, 4.69) is 49.4 Å². The van der Waals surface area contributed by atoms with Gasteiger partial charge >= 0.3 is 0 Å². The van der Waals surface area contributed by atoms with Crippen molar-refractivity contribution in [2.45, 2.75) is 46.1 Å². The first-order valence-electron chi connectivity index (χ1n) is 16.0. The summed E-state index contributed by atoms with van der Waals surface area (Å²) in [5.74, 6) is 1.33. The van der Waals surface area contributed by atoms with Crippen LogP contribution in [0.4, 0.5) is 5.69 Å². The van der Waals surface area contributed by atoms with Gasteiger partial charge in [0.1, 0.15) is 5.75 Å². The number of aryl methyl sites for hydroxylation is 1. The van der Waals surface area contributed by atoms with Crippen molar-refractivity contribution in [3.05, 3.63) is 101 Å². The summed E-state index contributed by atoms with van der Waals surface area (Å²) in [6, 6.07) is 19.2. The van der Waals surface area contributed by atoms with Crippen LogP contribution in [-0.2, 0) is 21.5 Å². The van der Waals surface area contributed by atoms with Crippen LogP contribution in [0.5, 0.6) is 5.75 Å². The number of nitrogens with zero attached hydrogens (tertiary/aromatic N) is 3. The highest BCUT2D eigenvalue weighted by Crippen LogP contribution is 2.61. The second-order valence-corrected chi connectivity index (χ2v) is 14.2. The Morgan fingerprint density at radius 2 is 1.87 bits per heavy atom. The molecule has 0 radical (unpaired) electrons. The second kappa shape index (κ2) is 13.3. The monoisotopic (exact) mass is 656 g/mol. The van der Waals surface area contributed by atoms with Crippen molar-refractivity contribution in [3.63, 3.8) is 0 Å². The van der Waals surface area contributed by atoms with E-state index in [1.54, 1.807) is 18.2 Å². The van der Waals surface area contributed by atoms with Gasteiger partial charge in [0.05, 0.1) is 25.1 Å². The lowest BCUT2D eigenvalue weighted by atomic mass is 9.92. The van der Waals surface area contributed by atoms with E-state index in [0.717, 1.165) is 40.2 Å². The van der Waals surface area contributed by atoms with Crippen molar-refractivity contribution >= 4 is 27.6 Å². The molecule has 11 heteroatoms. The molecule has 1 aromatic heterocycles. The van der Waals surface area contributed by atoms with E-state index in [-0.39, 0.29) is 12.5 Å². The third kappa shape index (κ3) is 7.26. The fourth-order valence-electron chi connectivity index (χ4n) is 6.64. The number of benzene rings is 3. The molecule has 0 bridgehead atoms. The highest BCUT2D eigenvalue weighted by Gasteiger charge is 2.54. The molecule has 2 N–H and O–H groups in total. The Kier molecular flexibility index (Phi) is 9.20. The smallest absolute Gasteiger partial charge is 0.266 e. The second-order valence-electron chi connectivity index (χ2n) is 12.6. The average molecular weight is 657 g/mol. The fourth-order valence-corrected chi connectivity index (χ4v) is 7.00. The molecule has 10 nitrogen and oxygen atoms in total. The Balaban J connectivity index is 1.14. The van der Waals surface area contributed by atoms with Gasteiger partial charge in [-0.25, -0.2) is 0 Å². The minimum absolute atomic E-state index is 0.114. The van der Waals surface area contributed by atoms with Gasteiger partial charge in [-0.15, -0.1) is 0 Å². The van der Waals surface area contributed by atoms with Crippen LogP contribution in [0.2, 0.25) is 0 Å². The van der Waals surface area contributed by atoms with Crippen molar-refractivity contribution in [1.29, 1.82) is 0 Å². The lowest BCUT2D eigenvalue weighted by Crippen LogP contribution is -2.36. The lowest BCUT2D eigenvalue weighted by molar-refractivity contribution is -0.119. The number of nitrogens with one attached hydrogen (secondary N) is 1. The maximum atomic E-state index is 13.6. The topological polar surface area (TPSA) is 131 Å². The number of aromatic nitrogens is 2. The van der Waals surface area contributed by atoms with Crippen molar-refractivity contribution in [2.75, 3.05) is 30.3 Å². The van der Waals surface area contributed by atoms with Crippen LogP contribution in [-0.4, -0.2) is 60.0 Å². The zero-order valence-electron chi connectivity index (χ0n) is 26.8. The number of carbonyl (C=O) groups excluding carboxylic acids is 2. The van der Waals surface area contributed by atoms with Gasteiger partial charge in [-0.1, -0.05) is 43.3 Å². The van der Waals surface area contributed by atoms with Gasteiger partial charge in [0.2, 0.25) is 5.91 Å². The van der Waals surface area contributed by atoms with Gasteiger partial charge in [-0.3, -0.25) is 18.8 Å². The minimum atomic E-state index is -4.16. The van der Waals surface area contributed by atoms with E-state index >= 15 is 0 Å². The predicted molar refractivity (Wildman–Crippen MR) is 180 cm³/mol. The number of amides is 2. The van der Waals surface area contributed by atoms with Crippen LogP contribution < -0.4 is 15.0 Å². The number of fused-ring (bicyclic) bond motifs is 3. The molecular formula is C36H40N4O6S. The highest BCUT2D eigenvalue weighted by molar-refractivity contribution is 7.85. The number of hydrogen-bond donors (Lipinski definition) is 2. The van der Waals surface area contributed by atoms with Gasteiger partial charge < -0.3 is 15.0 Å². The molecule has 0 spiro atoms. The Labute approximate surface area is 275 Å². The highest BCUT2D eigenvalue weighted by atomic mass is 32.2. The molecule has 1 aliphatic heterocycles. The standard InChI is InChI=1S/C36H40N4O6S/c1-23-8-4-13-32(24(23)2)46-16-7-14-33(41)40-22-30-25(3)34(30)35-29(11-6-12-31(35)40)28-19-38-39(21-28)20-26-9-5-10-27(18-26)36(42)37-15-17-47(43,44)45/h4-6,8-13,18-19,21,25,30,34H,7,14-17,20,22H2,1-3H3,(H,37,42)(H,43,44,45). The molecule has 3 atom stereocenters. The summed E-state index contributed by atoms with van der Waals surface area (Å²) >= 11 is 0. The minimum Gasteiger partial charge on any atom is -0.493 e. The van der Waals surface area contributed by atoms with E-state index in [9.17, 15) is 18.0 Å². The van der Waals surface area contributed by atoms with Crippen LogP contribution in [0.1, 0.15) is 58.3 Å². The maximum absolute atomic E-state index is 13.6. The molecule has 246 valence electrons. The lowest BCUT2D eigenvalue weighted by Gasteiger charge is -2.30. The zero-order chi connectivity index (χ0) is 33.3. The molecular weight excluding hydrogens is 616 g/mol. The molecule has 0 saturated heterocycles. The van der Waals surface area contributed by atoms with Crippen molar-refractivity contribution < 1.29 is 27.3 Å². The Morgan fingerprint density at radius 1 is 1.09 bits per heavy atom. The van der Waals surface area contributed by atoms with Crippen LogP contribution in [0.15, 0.2) is 73.1 Å². The first-order valence-corrected chi connectivity index (χ1v) is 17.6. The van der Waals surface area contributed by atoms with Gasteiger partial charge in [0.25, 0.3) is 16.0 Å². The molecule has 3 aromatic carbocycles. The molecule has 2 amide bonds. The SMILES string of the molecule is Cc1cccc(OCCCC(=O)N2CC3C(C)C3c3c(-c4cnn(Cc5cccc(C(=O)NCCS(=O)(=O)O)c5)c4)cccc32)c1C. The summed E-state index contributed by atoms with van der Waals surface area (Å²) in [5.41, 5.74) is 7.79.